The lowest BCUT2D eigenvalue weighted by molar-refractivity contribution is 0.286. The molecule has 0 aromatic rings. The summed E-state index contributed by atoms with van der Waals surface area (Å²) in [7, 11) is -2.88. The fraction of sp³-hybridized carbons (Fsp3) is 0.625. The zero-order valence-electron chi connectivity index (χ0n) is 13.7. The molecular weight excluding hydrogens is 314 g/mol. The Morgan fingerprint density at radius 2 is 1.74 bits per heavy atom. The SMILES string of the molecule is COS(=O)(=O)C1=C(N2CCCC2)CC(C)(C)CC1=C(C#N)C#N. The van der Waals surface area contributed by atoms with Gasteiger partial charge in [0, 0.05) is 24.4 Å². The van der Waals surface area contributed by atoms with Crippen LogP contribution in [0.15, 0.2) is 21.7 Å². The van der Waals surface area contributed by atoms with Crippen molar-refractivity contribution in [2.45, 2.75) is 39.5 Å². The molecule has 0 aromatic carbocycles. The fourth-order valence-corrected chi connectivity index (χ4v) is 4.44. The van der Waals surface area contributed by atoms with Gasteiger partial charge in [0.05, 0.1) is 7.11 Å². The van der Waals surface area contributed by atoms with Crippen molar-refractivity contribution in [3.05, 3.63) is 21.7 Å². The molecule has 0 spiro atoms. The van der Waals surface area contributed by atoms with Gasteiger partial charge in [0.15, 0.2) is 0 Å². The molecule has 0 saturated carbocycles. The first-order valence-electron chi connectivity index (χ1n) is 7.58. The summed E-state index contributed by atoms with van der Waals surface area (Å²) >= 11 is 0. The summed E-state index contributed by atoms with van der Waals surface area (Å²) in [5, 5.41) is 18.5. The van der Waals surface area contributed by atoms with Gasteiger partial charge in [-0.15, -0.1) is 0 Å². The van der Waals surface area contributed by atoms with Crippen molar-refractivity contribution in [1.29, 1.82) is 10.5 Å². The Morgan fingerprint density at radius 1 is 1.17 bits per heavy atom. The number of rotatable bonds is 3. The number of nitriles is 2. The van der Waals surface area contributed by atoms with Crippen LogP contribution in [0.2, 0.25) is 0 Å². The Balaban J connectivity index is 2.80. The molecule has 2 rings (SSSR count). The van der Waals surface area contributed by atoms with Crippen molar-refractivity contribution in [1.82, 2.24) is 4.90 Å². The molecule has 1 saturated heterocycles. The summed E-state index contributed by atoms with van der Waals surface area (Å²) in [6.45, 7) is 5.61. The van der Waals surface area contributed by atoms with Gasteiger partial charge >= 0.3 is 0 Å². The van der Waals surface area contributed by atoms with E-state index in [1.807, 2.05) is 26.0 Å². The van der Waals surface area contributed by atoms with Crippen LogP contribution in [0.4, 0.5) is 0 Å². The van der Waals surface area contributed by atoms with E-state index in [4.69, 9.17) is 4.18 Å². The van der Waals surface area contributed by atoms with Gasteiger partial charge in [-0.1, -0.05) is 13.8 Å². The van der Waals surface area contributed by atoms with Gasteiger partial charge in [-0.05, 0) is 31.1 Å². The molecule has 1 heterocycles. The second kappa shape index (κ2) is 6.35. The van der Waals surface area contributed by atoms with Gasteiger partial charge in [-0.25, -0.2) is 0 Å². The molecule has 0 bridgehead atoms. The largest absolute Gasteiger partial charge is 0.374 e. The van der Waals surface area contributed by atoms with Gasteiger partial charge in [0.25, 0.3) is 10.1 Å². The first kappa shape index (κ1) is 17.5. The van der Waals surface area contributed by atoms with Crippen LogP contribution in [-0.4, -0.2) is 33.5 Å². The third-order valence-electron chi connectivity index (χ3n) is 4.32. The maximum atomic E-state index is 12.5. The van der Waals surface area contributed by atoms with Crippen LogP contribution in [0, 0.1) is 28.1 Å². The third kappa shape index (κ3) is 3.41. The molecule has 6 nitrogen and oxygen atoms in total. The van der Waals surface area contributed by atoms with E-state index in [1.165, 1.54) is 0 Å². The fourth-order valence-electron chi connectivity index (χ4n) is 3.31. The maximum Gasteiger partial charge on any atom is 0.298 e. The Morgan fingerprint density at radius 3 is 2.22 bits per heavy atom. The van der Waals surface area contributed by atoms with Crippen molar-refractivity contribution in [2.24, 2.45) is 5.41 Å². The minimum atomic E-state index is -3.99. The molecular formula is C16H21N3O3S. The topological polar surface area (TPSA) is 94.2 Å². The minimum absolute atomic E-state index is 0.0272. The van der Waals surface area contributed by atoms with Crippen molar-refractivity contribution in [3.63, 3.8) is 0 Å². The number of likely N-dealkylation sites (tertiary alicyclic amines) is 1. The van der Waals surface area contributed by atoms with Crippen LogP contribution >= 0.6 is 0 Å². The highest BCUT2D eigenvalue weighted by Gasteiger charge is 2.40. The highest BCUT2D eigenvalue weighted by Crippen LogP contribution is 2.46. The molecule has 124 valence electrons. The Bertz CT molecular complexity index is 726. The van der Waals surface area contributed by atoms with Gasteiger partial charge < -0.3 is 4.90 Å². The first-order chi connectivity index (χ1) is 10.8. The molecule has 2 aliphatic rings. The Kier molecular flexibility index (Phi) is 4.84. The summed E-state index contributed by atoms with van der Waals surface area (Å²) in [4.78, 5) is 2.08. The van der Waals surface area contributed by atoms with Crippen LogP contribution in [0.3, 0.4) is 0 Å². The second-order valence-corrected chi connectivity index (χ2v) is 8.34. The molecule has 1 aliphatic carbocycles. The highest BCUT2D eigenvalue weighted by molar-refractivity contribution is 7.91. The summed E-state index contributed by atoms with van der Waals surface area (Å²) in [5.74, 6) is 0. The summed E-state index contributed by atoms with van der Waals surface area (Å²) < 4.78 is 29.8. The van der Waals surface area contributed by atoms with Crippen molar-refractivity contribution in [3.8, 4) is 12.1 Å². The lowest BCUT2D eigenvalue weighted by Gasteiger charge is -2.38. The summed E-state index contributed by atoms with van der Waals surface area (Å²) in [6.07, 6.45) is 2.95. The predicted molar refractivity (Wildman–Crippen MR) is 85.0 cm³/mol. The van der Waals surface area contributed by atoms with Crippen molar-refractivity contribution < 1.29 is 12.6 Å². The van der Waals surface area contributed by atoms with E-state index in [0.717, 1.165) is 33.0 Å². The van der Waals surface area contributed by atoms with Gasteiger partial charge in [-0.2, -0.15) is 18.9 Å². The van der Waals surface area contributed by atoms with Crippen LogP contribution in [0.25, 0.3) is 0 Å². The molecule has 0 aromatic heterocycles. The van der Waals surface area contributed by atoms with Crippen LogP contribution < -0.4 is 0 Å². The Labute approximate surface area is 137 Å². The molecule has 0 atom stereocenters. The zero-order valence-corrected chi connectivity index (χ0v) is 14.5. The van der Waals surface area contributed by atoms with E-state index >= 15 is 0 Å². The van der Waals surface area contributed by atoms with Crippen LogP contribution in [0.1, 0.15) is 39.5 Å². The van der Waals surface area contributed by atoms with Crippen LogP contribution in [-0.2, 0) is 14.3 Å². The van der Waals surface area contributed by atoms with Gasteiger partial charge in [-0.3, -0.25) is 4.18 Å². The lowest BCUT2D eigenvalue weighted by Crippen LogP contribution is -2.32. The van der Waals surface area contributed by atoms with E-state index in [-0.39, 0.29) is 21.5 Å². The smallest absolute Gasteiger partial charge is 0.298 e. The first-order valence-corrected chi connectivity index (χ1v) is 8.99. The Hall–Kier alpha value is -1.83. The number of hydrogen-bond donors (Lipinski definition) is 0. The van der Waals surface area contributed by atoms with Crippen molar-refractivity contribution in [2.75, 3.05) is 20.2 Å². The molecule has 1 aliphatic heterocycles. The average molecular weight is 335 g/mol. The molecule has 0 unspecified atom stereocenters. The second-order valence-electron chi connectivity index (χ2n) is 6.69. The number of allylic oxidation sites excluding steroid dienone is 3. The molecule has 0 amide bonds. The van der Waals surface area contributed by atoms with E-state index in [9.17, 15) is 18.9 Å². The molecule has 23 heavy (non-hydrogen) atoms. The van der Waals surface area contributed by atoms with E-state index in [1.54, 1.807) is 0 Å². The highest BCUT2D eigenvalue weighted by atomic mass is 32.2. The molecule has 0 N–H and O–H groups in total. The normalized spacial score (nSPS) is 21.1. The van der Waals surface area contributed by atoms with Crippen LogP contribution in [0.5, 0.6) is 0 Å². The minimum Gasteiger partial charge on any atom is -0.374 e. The van der Waals surface area contributed by atoms with Crippen molar-refractivity contribution >= 4 is 10.1 Å². The summed E-state index contributed by atoms with van der Waals surface area (Å²) in [6, 6.07) is 3.68. The zero-order chi connectivity index (χ0) is 17.3. The van der Waals surface area contributed by atoms with E-state index < -0.39 is 10.1 Å². The lowest BCUT2D eigenvalue weighted by atomic mass is 9.75. The quantitative estimate of drug-likeness (QED) is 0.581. The van der Waals surface area contributed by atoms with E-state index in [0.29, 0.717) is 18.5 Å². The summed E-state index contributed by atoms with van der Waals surface area (Å²) in [5.41, 5.74) is 0.595. The maximum absolute atomic E-state index is 12.5. The predicted octanol–water partition coefficient (Wildman–Crippen LogP) is 2.43. The monoisotopic (exact) mass is 335 g/mol. The molecule has 1 fully saturated rings. The number of hydrogen-bond acceptors (Lipinski definition) is 6. The third-order valence-corrected chi connectivity index (χ3v) is 5.74. The average Bonchev–Trinajstić information content (AvgIpc) is 3.01. The molecule has 0 radical (unpaired) electrons. The van der Waals surface area contributed by atoms with E-state index in [2.05, 4.69) is 4.90 Å². The van der Waals surface area contributed by atoms with Gasteiger partial charge in [0.2, 0.25) is 0 Å². The number of nitrogens with zero attached hydrogens (tertiary/aromatic N) is 3. The molecule has 7 heteroatoms. The van der Waals surface area contributed by atoms with Gasteiger partial charge in [0.1, 0.15) is 22.6 Å². The standard InChI is InChI=1S/C16H21N3O3S/c1-16(2)8-13(12(10-17)11-18)15(23(20,21)22-3)14(9-16)19-6-4-5-7-19/h4-9H2,1-3H3.